The van der Waals surface area contributed by atoms with Crippen LogP contribution in [-0.4, -0.2) is 31.8 Å². The van der Waals surface area contributed by atoms with E-state index in [1.807, 2.05) is 37.3 Å². The summed E-state index contributed by atoms with van der Waals surface area (Å²) in [5, 5.41) is 2.81. The van der Waals surface area contributed by atoms with Gasteiger partial charge in [0.1, 0.15) is 11.9 Å². The lowest BCUT2D eigenvalue weighted by atomic mass is 10.3. The minimum absolute atomic E-state index is 0.0726. The monoisotopic (exact) mass is 251 g/mol. The number of para-hydroxylation sites is 1. The maximum atomic E-state index is 11.5. The average molecular weight is 251 g/mol. The van der Waals surface area contributed by atoms with E-state index < -0.39 is 0 Å². The van der Waals surface area contributed by atoms with E-state index in [1.165, 1.54) is 0 Å². The largest absolute Gasteiger partial charge is 0.494 e. The van der Waals surface area contributed by atoms with Crippen LogP contribution < -0.4 is 10.1 Å². The second-order valence-electron chi connectivity index (χ2n) is 3.90. The predicted molar refractivity (Wildman–Crippen MR) is 70.7 cm³/mol. The van der Waals surface area contributed by atoms with Gasteiger partial charge >= 0.3 is 0 Å². The SMILES string of the molecule is CCO[C@H](C)C(=O)NCCCOc1ccccc1. The van der Waals surface area contributed by atoms with Gasteiger partial charge in [-0.25, -0.2) is 0 Å². The Balaban J connectivity index is 2.07. The van der Waals surface area contributed by atoms with E-state index in [-0.39, 0.29) is 12.0 Å². The fourth-order valence-electron chi connectivity index (χ4n) is 1.46. The number of carbonyl (C=O) groups excluding carboxylic acids is 1. The molecule has 0 bridgehead atoms. The van der Waals surface area contributed by atoms with Gasteiger partial charge in [-0.2, -0.15) is 0 Å². The molecule has 1 aromatic carbocycles. The van der Waals surface area contributed by atoms with Gasteiger partial charge in [0.15, 0.2) is 0 Å². The summed E-state index contributed by atoms with van der Waals surface area (Å²) in [5.41, 5.74) is 0. The third-order valence-electron chi connectivity index (χ3n) is 2.42. The normalized spacial score (nSPS) is 11.9. The first kappa shape index (κ1) is 14.5. The molecule has 18 heavy (non-hydrogen) atoms. The van der Waals surface area contributed by atoms with Crippen molar-refractivity contribution < 1.29 is 14.3 Å². The quantitative estimate of drug-likeness (QED) is 0.719. The highest BCUT2D eigenvalue weighted by molar-refractivity contribution is 5.80. The highest BCUT2D eigenvalue weighted by Crippen LogP contribution is 2.07. The maximum Gasteiger partial charge on any atom is 0.248 e. The number of amides is 1. The molecule has 0 aliphatic heterocycles. The molecule has 0 radical (unpaired) electrons. The molecule has 0 aliphatic rings. The summed E-state index contributed by atoms with van der Waals surface area (Å²) in [7, 11) is 0. The van der Waals surface area contributed by atoms with Crippen LogP contribution in [0, 0.1) is 0 Å². The fraction of sp³-hybridized carbons (Fsp3) is 0.500. The van der Waals surface area contributed by atoms with Gasteiger partial charge in [-0.3, -0.25) is 4.79 Å². The van der Waals surface area contributed by atoms with Gasteiger partial charge in [-0.15, -0.1) is 0 Å². The maximum absolute atomic E-state index is 11.5. The van der Waals surface area contributed by atoms with E-state index in [2.05, 4.69) is 5.32 Å². The molecule has 0 aliphatic carbocycles. The Morgan fingerprint density at radius 1 is 1.33 bits per heavy atom. The van der Waals surface area contributed by atoms with Crippen LogP contribution in [0.1, 0.15) is 20.3 Å². The van der Waals surface area contributed by atoms with E-state index in [0.29, 0.717) is 19.8 Å². The number of hydrogen-bond donors (Lipinski definition) is 1. The summed E-state index contributed by atoms with van der Waals surface area (Å²) >= 11 is 0. The van der Waals surface area contributed by atoms with Crippen molar-refractivity contribution in [2.75, 3.05) is 19.8 Å². The van der Waals surface area contributed by atoms with E-state index in [0.717, 1.165) is 12.2 Å². The zero-order valence-electron chi connectivity index (χ0n) is 11.0. The van der Waals surface area contributed by atoms with Gasteiger partial charge in [0.2, 0.25) is 5.91 Å². The first-order valence-electron chi connectivity index (χ1n) is 6.31. The Morgan fingerprint density at radius 3 is 2.72 bits per heavy atom. The van der Waals surface area contributed by atoms with Crippen molar-refractivity contribution in [1.82, 2.24) is 5.32 Å². The molecule has 4 nitrogen and oxygen atoms in total. The number of nitrogens with one attached hydrogen (secondary N) is 1. The van der Waals surface area contributed by atoms with Gasteiger partial charge in [0.25, 0.3) is 0 Å². The van der Waals surface area contributed by atoms with Crippen LogP contribution in [0.4, 0.5) is 0 Å². The highest BCUT2D eigenvalue weighted by atomic mass is 16.5. The Kier molecular flexibility index (Phi) is 6.87. The lowest BCUT2D eigenvalue weighted by Gasteiger charge is -2.12. The molecule has 1 N–H and O–H groups in total. The molecule has 0 saturated carbocycles. The summed E-state index contributed by atoms with van der Waals surface area (Å²) in [6, 6.07) is 9.63. The molecule has 1 rings (SSSR count). The van der Waals surface area contributed by atoms with Gasteiger partial charge in [0.05, 0.1) is 6.61 Å². The van der Waals surface area contributed by atoms with Gasteiger partial charge < -0.3 is 14.8 Å². The van der Waals surface area contributed by atoms with E-state index >= 15 is 0 Å². The second-order valence-corrected chi connectivity index (χ2v) is 3.90. The van der Waals surface area contributed by atoms with Crippen LogP contribution in [0.3, 0.4) is 0 Å². The predicted octanol–water partition coefficient (Wildman–Crippen LogP) is 2.00. The van der Waals surface area contributed by atoms with Crippen molar-refractivity contribution in [2.24, 2.45) is 0 Å². The minimum Gasteiger partial charge on any atom is -0.494 e. The van der Waals surface area contributed by atoms with Crippen molar-refractivity contribution >= 4 is 5.91 Å². The molecule has 0 spiro atoms. The molecular formula is C14H21NO3. The molecule has 4 heteroatoms. The highest BCUT2D eigenvalue weighted by Gasteiger charge is 2.10. The van der Waals surface area contributed by atoms with E-state index in [9.17, 15) is 4.79 Å². The topological polar surface area (TPSA) is 47.6 Å². The zero-order valence-corrected chi connectivity index (χ0v) is 11.0. The van der Waals surface area contributed by atoms with Crippen molar-refractivity contribution in [3.63, 3.8) is 0 Å². The zero-order chi connectivity index (χ0) is 13.2. The van der Waals surface area contributed by atoms with Gasteiger partial charge in [-0.05, 0) is 32.4 Å². The van der Waals surface area contributed by atoms with Crippen molar-refractivity contribution in [3.8, 4) is 5.75 Å². The summed E-state index contributed by atoms with van der Waals surface area (Å²) in [6.45, 7) is 5.36. The lowest BCUT2D eigenvalue weighted by Crippen LogP contribution is -2.35. The smallest absolute Gasteiger partial charge is 0.248 e. The Labute approximate surface area is 108 Å². The number of carbonyl (C=O) groups is 1. The van der Waals surface area contributed by atoms with Crippen LogP contribution in [0.2, 0.25) is 0 Å². The molecule has 0 unspecified atom stereocenters. The van der Waals surface area contributed by atoms with Crippen molar-refractivity contribution in [2.45, 2.75) is 26.4 Å². The van der Waals surface area contributed by atoms with Crippen LogP contribution in [-0.2, 0) is 9.53 Å². The molecule has 0 saturated heterocycles. The van der Waals surface area contributed by atoms with Crippen LogP contribution >= 0.6 is 0 Å². The molecule has 1 atom stereocenters. The van der Waals surface area contributed by atoms with Crippen LogP contribution in [0.15, 0.2) is 30.3 Å². The van der Waals surface area contributed by atoms with Gasteiger partial charge in [0, 0.05) is 13.2 Å². The van der Waals surface area contributed by atoms with Crippen LogP contribution in [0.25, 0.3) is 0 Å². The Hall–Kier alpha value is -1.55. The van der Waals surface area contributed by atoms with E-state index in [1.54, 1.807) is 6.92 Å². The Morgan fingerprint density at radius 2 is 2.06 bits per heavy atom. The second kappa shape index (κ2) is 8.53. The summed E-state index contributed by atoms with van der Waals surface area (Å²) in [5.74, 6) is 0.781. The first-order chi connectivity index (χ1) is 8.74. The van der Waals surface area contributed by atoms with Gasteiger partial charge in [-0.1, -0.05) is 18.2 Å². The number of benzene rings is 1. The Bertz CT molecular complexity index is 340. The first-order valence-corrected chi connectivity index (χ1v) is 6.31. The minimum atomic E-state index is -0.384. The third kappa shape index (κ3) is 5.68. The third-order valence-corrected chi connectivity index (χ3v) is 2.42. The van der Waals surface area contributed by atoms with Crippen molar-refractivity contribution in [3.05, 3.63) is 30.3 Å². The molecular weight excluding hydrogens is 230 g/mol. The summed E-state index contributed by atoms with van der Waals surface area (Å²) in [6.07, 6.45) is 0.393. The summed E-state index contributed by atoms with van der Waals surface area (Å²) < 4.78 is 10.7. The molecule has 1 aromatic rings. The molecule has 100 valence electrons. The standard InChI is InChI=1S/C14H21NO3/c1-3-17-12(2)14(16)15-10-7-11-18-13-8-5-4-6-9-13/h4-6,8-9,12H,3,7,10-11H2,1-2H3,(H,15,16)/t12-/m1/s1. The molecule has 0 aromatic heterocycles. The molecule has 1 amide bonds. The van der Waals surface area contributed by atoms with Crippen molar-refractivity contribution in [1.29, 1.82) is 0 Å². The van der Waals surface area contributed by atoms with E-state index in [4.69, 9.17) is 9.47 Å². The average Bonchev–Trinajstić information content (AvgIpc) is 2.39. The number of hydrogen-bond acceptors (Lipinski definition) is 3. The fourth-order valence-corrected chi connectivity index (χ4v) is 1.46. The lowest BCUT2D eigenvalue weighted by molar-refractivity contribution is -0.131. The molecule has 0 fully saturated rings. The molecule has 0 heterocycles. The van der Waals surface area contributed by atoms with Crippen LogP contribution in [0.5, 0.6) is 5.75 Å². The summed E-state index contributed by atoms with van der Waals surface area (Å²) in [4.78, 5) is 11.5. The number of rotatable bonds is 8. The number of ether oxygens (including phenoxy) is 2.